The minimum absolute atomic E-state index is 0.0161. The number of carbonyl (C=O) groups excluding carboxylic acids is 3. The molecule has 0 N–H and O–H groups in total. The first kappa shape index (κ1) is 17.4. The zero-order chi connectivity index (χ0) is 18.7. The molecule has 0 saturated carbocycles. The molecule has 130 valence electrons. The number of barbiturate groups is 1. The summed E-state index contributed by atoms with van der Waals surface area (Å²) in [6.45, 7) is 7.62. The van der Waals surface area contributed by atoms with Crippen molar-refractivity contribution in [2.45, 2.75) is 18.5 Å². The average Bonchev–Trinajstić information content (AvgIpc) is 2.69. The summed E-state index contributed by atoms with van der Waals surface area (Å²) < 4.78 is 0. The molecule has 0 spiro atoms. The van der Waals surface area contributed by atoms with Crippen LogP contribution in [0.3, 0.4) is 0 Å². The van der Waals surface area contributed by atoms with Crippen molar-refractivity contribution in [3.05, 3.63) is 83.2 Å². The number of nitrogens with zero attached hydrogens (tertiary/aromatic N) is 3. The van der Waals surface area contributed by atoms with Gasteiger partial charge in [-0.15, -0.1) is 0 Å². The van der Waals surface area contributed by atoms with Gasteiger partial charge < -0.3 is 0 Å². The van der Waals surface area contributed by atoms with Crippen molar-refractivity contribution in [3.8, 4) is 0 Å². The highest BCUT2D eigenvalue weighted by Crippen LogP contribution is 2.29. The van der Waals surface area contributed by atoms with E-state index in [1.807, 2.05) is 12.1 Å². The van der Waals surface area contributed by atoms with E-state index in [9.17, 15) is 14.4 Å². The molecule has 0 bridgehead atoms. The van der Waals surface area contributed by atoms with Gasteiger partial charge in [-0.3, -0.25) is 24.2 Å². The first-order chi connectivity index (χ1) is 12.5. The van der Waals surface area contributed by atoms with Gasteiger partial charge in [-0.25, -0.2) is 11.4 Å². The lowest BCUT2D eigenvalue weighted by Crippen LogP contribution is -2.67. The summed E-state index contributed by atoms with van der Waals surface area (Å²) in [6.07, 6.45) is -0.0715. The summed E-state index contributed by atoms with van der Waals surface area (Å²) in [5.41, 5.74) is -0.526. The van der Waals surface area contributed by atoms with Gasteiger partial charge in [0.1, 0.15) is 0 Å². The zero-order valence-corrected chi connectivity index (χ0v) is 14.3. The molecule has 1 aliphatic heterocycles. The van der Waals surface area contributed by atoms with Crippen LogP contribution in [0, 0.1) is 6.57 Å². The predicted molar refractivity (Wildman–Crippen MR) is 94.6 cm³/mol. The Hall–Kier alpha value is -3.46. The molecule has 2 aromatic carbocycles. The van der Waals surface area contributed by atoms with E-state index in [1.165, 1.54) is 7.05 Å². The van der Waals surface area contributed by atoms with Crippen LogP contribution in [0.25, 0.3) is 4.85 Å². The smallest absolute Gasteiger partial charge is 0.289 e. The van der Waals surface area contributed by atoms with E-state index in [0.717, 1.165) is 15.4 Å². The molecule has 1 saturated heterocycles. The Morgan fingerprint density at radius 1 is 0.885 bits per heavy atom. The van der Waals surface area contributed by atoms with Gasteiger partial charge in [0.25, 0.3) is 0 Å². The number of urea groups is 1. The third-order valence-corrected chi connectivity index (χ3v) is 4.45. The van der Waals surface area contributed by atoms with Gasteiger partial charge >= 0.3 is 23.4 Å². The van der Waals surface area contributed by atoms with Crippen LogP contribution in [-0.4, -0.2) is 40.2 Å². The van der Waals surface area contributed by atoms with Gasteiger partial charge in [0.15, 0.2) is 0 Å². The number of hydrogen-bond donors (Lipinski definition) is 0. The van der Waals surface area contributed by atoms with Crippen molar-refractivity contribution in [1.82, 2.24) is 9.80 Å². The van der Waals surface area contributed by atoms with E-state index in [2.05, 4.69) is 4.85 Å². The van der Waals surface area contributed by atoms with E-state index in [1.54, 1.807) is 48.5 Å². The molecule has 6 heteroatoms. The summed E-state index contributed by atoms with van der Waals surface area (Å²) in [5.74, 6) is -1.55. The maximum atomic E-state index is 13.1. The van der Waals surface area contributed by atoms with Crippen LogP contribution in [0.2, 0.25) is 0 Å². The molecule has 1 aliphatic rings. The van der Waals surface area contributed by atoms with Crippen molar-refractivity contribution >= 4 is 17.8 Å². The largest absolute Gasteiger partial charge is 0.390 e. The van der Waals surface area contributed by atoms with Crippen molar-refractivity contribution in [1.29, 1.82) is 0 Å². The average molecular weight is 347 g/mol. The predicted octanol–water partition coefficient (Wildman–Crippen LogP) is 2.51. The van der Waals surface area contributed by atoms with E-state index in [4.69, 9.17) is 6.57 Å². The second-order valence-corrected chi connectivity index (χ2v) is 6.16. The molecular weight excluding hydrogens is 330 g/mol. The molecule has 1 fully saturated rings. The molecule has 6 nitrogen and oxygen atoms in total. The highest BCUT2D eigenvalue weighted by Gasteiger charge is 2.63. The van der Waals surface area contributed by atoms with E-state index < -0.39 is 23.4 Å². The number of likely N-dealkylation sites (N-methyl/N-ethyl adjacent to an activating group) is 1. The fourth-order valence-electron chi connectivity index (χ4n) is 3.03. The second kappa shape index (κ2) is 6.81. The molecule has 1 atom stereocenters. The van der Waals surface area contributed by atoms with Crippen LogP contribution in [0.4, 0.5) is 4.79 Å². The third kappa shape index (κ3) is 2.84. The Kier molecular flexibility index (Phi) is 4.55. The fraction of sp³-hybridized carbons (Fsp3) is 0.200. The molecule has 3 rings (SSSR count). The van der Waals surface area contributed by atoms with E-state index in [0.29, 0.717) is 5.56 Å². The molecule has 4 amide bonds. The number of carbonyl (C=O) groups is 3. The Morgan fingerprint density at radius 3 is 1.96 bits per heavy atom. The van der Waals surface area contributed by atoms with Crippen LogP contribution in [-0.2, 0) is 22.6 Å². The van der Waals surface area contributed by atoms with E-state index in [-0.39, 0.29) is 13.0 Å². The highest BCUT2D eigenvalue weighted by molar-refractivity contribution is 6.23. The van der Waals surface area contributed by atoms with Crippen LogP contribution < -0.4 is 0 Å². The molecule has 1 unspecified atom stereocenters. The summed E-state index contributed by atoms with van der Waals surface area (Å²) in [7, 11) is 1.31. The van der Waals surface area contributed by atoms with Gasteiger partial charge in [0.2, 0.25) is 0 Å². The first-order valence-corrected chi connectivity index (χ1v) is 8.10. The Balaban J connectivity index is 2.00. The summed E-state index contributed by atoms with van der Waals surface area (Å²) in [4.78, 5) is 43.6. The van der Waals surface area contributed by atoms with Crippen LogP contribution in [0.1, 0.15) is 11.1 Å². The standard InChI is InChI=1S/C20H17N3O3/c1-21-20(13-15-9-5-3-6-10-15)17(24)22(2)19(26)23(18(20)25)14-16-11-7-4-8-12-16/h3-12H,13-14H2,2H3. The van der Waals surface area contributed by atoms with Gasteiger partial charge in [0, 0.05) is 7.05 Å². The van der Waals surface area contributed by atoms with Crippen LogP contribution >= 0.6 is 0 Å². The quantitative estimate of drug-likeness (QED) is 0.631. The van der Waals surface area contributed by atoms with Crippen LogP contribution in [0.5, 0.6) is 0 Å². The topological polar surface area (TPSA) is 62.1 Å². The lowest BCUT2D eigenvalue weighted by atomic mass is 9.86. The lowest BCUT2D eigenvalue weighted by molar-refractivity contribution is -0.148. The molecule has 1 heterocycles. The number of imide groups is 2. The Bertz CT molecular complexity index is 890. The lowest BCUT2D eigenvalue weighted by Gasteiger charge is -2.36. The number of benzene rings is 2. The highest BCUT2D eigenvalue weighted by atomic mass is 16.2. The monoisotopic (exact) mass is 347 g/mol. The molecule has 0 aromatic heterocycles. The summed E-state index contributed by atoms with van der Waals surface area (Å²) in [6, 6.07) is 17.2. The third-order valence-electron chi connectivity index (χ3n) is 4.45. The van der Waals surface area contributed by atoms with E-state index >= 15 is 0 Å². The molecular formula is C20H17N3O3. The summed E-state index contributed by atoms with van der Waals surface area (Å²) >= 11 is 0. The van der Waals surface area contributed by atoms with Crippen molar-refractivity contribution < 1.29 is 14.4 Å². The Morgan fingerprint density at radius 2 is 1.42 bits per heavy atom. The van der Waals surface area contributed by atoms with Crippen molar-refractivity contribution in [3.63, 3.8) is 0 Å². The van der Waals surface area contributed by atoms with Crippen molar-refractivity contribution in [2.24, 2.45) is 0 Å². The number of amides is 4. The molecule has 0 aliphatic carbocycles. The van der Waals surface area contributed by atoms with Crippen molar-refractivity contribution in [2.75, 3.05) is 7.05 Å². The van der Waals surface area contributed by atoms with Crippen LogP contribution in [0.15, 0.2) is 60.7 Å². The minimum atomic E-state index is -1.96. The fourth-order valence-corrected chi connectivity index (χ4v) is 3.03. The molecule has 26 heavy (non-hydrogen) atoms. The Labute approximate surface area is 151 Å². The number of rotatable bonds is 4. The van der Waals surface area contributed by atoms with Gasteiger partial charge in [-0.05, 0) is 11.1 Å². The van der Waals surface area contributed by atoms with Gasteiger partial charge in [-0.1, -0.05) is 60.7 Å². The first-order valence-electron chi connectivity index (χ1n) is 8.10. The molecule has 2 aromatic rings. The normalized spacial score (nSPS) is 20.2. The maximum Gasteiger partial charge on any atom is 0.390 e. The second-order valence-electron chi connectivity index (χ2n) is 6.16. The maximum absolute atomic E-state index is 13.1. The van der Waals surface area contributed by atoms with Gasteiger partial charge in [-0.2, -0.15) is 0 Å². The SMILES string of the molecule is [C-]#[N+]C1(Cc2ccccc2)C(=O)N(C)C(=O)N(Cc2ccccc2)C1=O. The zero-order valence-electron chi connectivity index (χ0n) is 14.3. The minimum Gasteiger partial charge on any atom is -0.289 e. The van der Waals surface area contributed by atoms with Gasteiger partial charge in [0.05, 0.1) is 13.0 Å². The number of hydrogen-bond acceptors (Lipinski definition) is 3. The molecule has 0 radical (unpaired) electrons. The summed E-state index contributed by atoms with van der Waals surface area (Å²) in [5, 5.41) is 0.